The van der Waals surface area contributed by atoms with Gasteiger partial charge in [0.15, 0.2) is 0 Å². The van der Waals surface area contributed by atoms with E-state index in [-0.39, 0.29) is 12.6 Å². The van der Waals surface area contributed by atoms with Crippen LogP contribution in [0.15, 0.2) is 64.4 Å². The van der Waals surface area contributed by atoms with Crippen LogP contribution in [-0.4, -0.2) is 19.3 Å². The van der Waals surface area contributed by atoms with Crippen LogP contribution in [0.1, 0.15) is 31.0 Å². The Kier molecular flexibility index (Phi) is 4.01. The molecule has 0 amide bonds. The fourth-order valence-electron chi connectivity index (χ4n) is 2.98. The molecule has 25 heavy (non-hydrogen) atoms. The highest BCUT2D eigenvalue weighted by atomic mass is 16.2. The van der Waals surface area contributed by atoms with Crippen molar-refractivity contribution in [2.24, 2.45) is 0 Å². The van der Waals surface area contributed by atoms with Gasteiger partial charge < -0.3 is 9.13 Å². The Labute approximate surface area is 144 Å². The monoisotopic (exact) mass is 334 g/mol. The molecule has 0 unspecified atom stereocenters. The zero-order valence-corrected chi connectivity index (χ0v) is 13.7. The maximum atomic E-state index is 12.3. The predicted octanol–water partition coefficient (Wildman–Crippen LogP) is 2.24. The van der Waals surface area contributed by atoms with Gasteiger partial charge in [-0.15, -0.1) is 0 Å². The summed E-state index contributed by atoms with van der Waals surface area (Å²) in [6.45, 7) is 0.238. The van der Waals surface area contributed by atoms with E-state index in [1.54, 1.807) is 17.0 Å². The molecule has 1 aliphatic carbocycles. The van der Waals surface area contributed by atoms with Crippen LogP contribution in [0.3, 0.4) is 0 Å². The van der Waals surface area contributed by atoms with Crippen molar-refractivity contribution in [1.29, 1.82) is 0 Å². The number of hydrogen-bond donors (Lipinski definition) is 0. The lowest BCUT2D eigenvalue weighted by Gasteiger charge is -2.27. The van der Waals surface area contributed by atoms with E-state index >= 15 is 0 Å². The molecule has 1 aromatic carbocycles. The van der Waals surface area contributed by atoms with Crippen molar-refractivity contribution in [2.75, 3.05) is 0 Å². The van der Waals surface area contributed by atoms with Crippen LogP contribution >= 0.6 is 0 Å². The molecule has 6 nitrogen and oxygen atoms in total. The average molecular weight is 334 g/mol. The Hall–Kier alpha value is -3.02. The molecular formula is C19H18N4O2. The molecule has 1 saturated carbocycles. The quantitative estimate of drug-likeness (QED) is 0.686. The van der Waals surface area contributed by atoms with Gasteiger partial charge in [0.05, 0.1) is 17.9 Å². The molecule has 0 saturated heterocycles. The summed E-state index contributed by atoms with van der Waals surface area (Å²) in [5.74, 6) is 0. The van der Waals surface area contributed by atoms with Crippen LogP contribution in [0.2, 0.25) is 0 Å². The fourth-order valence-corrected chi connectivity index (χ4v) is 2.98. The molecule has 126 valence electrons. The molecule has 3 aromatic rings. The van der Waals surface area contributed by atoms with Crippen LogP contribution in [0.25, 0.3) is 11.3 Å². The van der Waals surface area contributed by atoms with Crippen molar-refractivity contribution in [2.45, 2.75) is 31.8 Å². The van der Waals surface area contributed by atoms with E-state index in [4.69, 9.17) is 0 Å². The minimum Gasteiger partial charge on any atom is -0.306 e. The smallest absolute Gasteiger partial charge is 0.306 e. The molecule has 2 aromatic heterocycles. The van der Waals surface area contributed by atoms with Gasteiger partial charge in [-0.2, -0.15) is 10.2 Å². The number of nitrogens with zero attached hydrogens (tertiary/aromatic N) is 4. The molecule has 4 rings (SSSR count). The predicted molar refractivity (Wildman–Crippen MR) is 94.4 cm³/mol. The highest BCUT2D eigenvalue weighted by molar-refractivity contribution is 5.57. The highest BCUT2D eigenvalue weighted by Gasteiger charge is 2.21. The van der Waals surface area contributed by atoms with Crippen LogP contribution in [-0.2, 0) is 6.54 Å². The molecular weight excluding hydrogens is 316 g/mol. The SMILES string of the molecule is O=c1c(=O)n(C2CCC2)ccn1Cc1ccc(-c2ccccc2)nn1. The van der Waals surface area contributed by atoms with Crippen molar-refractivity contribution in [3.05, 3.63) is 81.3 Å². The van der Waals surface area contributed by atoms with Crippen molar-refractivity contribution >= 4 is 0 Å². The average Bonchev–Trinajstić information content (AvgIpc) is 2.61. The van der Waals surface area contributed by atoms with Crippen molar-refractivity contribution < 1.29 is 0 Å². The van der Waals surface area contributed by atoms with Crippen LogP contribution < -0.4 is 11.1 Å². The Morgan fingerprint density at radius 2 is 1.72 bits per heavy atom. The molecule has 2 heterocycles. The standard InChI is InChI=1S/C19H18N4O2/c24-18-19(25)23(16-7-4-8-16)12-11-22(18)13-15-9-10-17(21-20-15)14-5-2-1-3-6-14/h1-3,5-6,9-12,16H,4,7-8,13H2. The first-order chi connectivity index (χ1) is 12.2. The summed E-state index contributed by atoms with van der Waals surface area (Å²) in [6, 6.07) is 13.7. The van der Waals surface area contributed by atoms with E-state index < -0.39 is 11.1 Å². The van der Waals surface area contributed by atoms with Crippen LogP contribution in [0, 0.1) is 0 Å². The second kappa shape index (κ2) is 6.47. The first-order valence-electron chi connectivity index (χ1n) is 8.42. The maximum Gasteiger partial charge on any atom is 0.316 e. The Bertz CT molecular complexity index is 986. The first kappa shape index (κ1) is 15.5. The fraction of sp³-hybridized carbons (Fsp3) is 0.263. The zero-order chi connectivity index (χ0) is 17.2. The van der Waals surface area contributed by atoms with Crippen LogP contribution in [0.4, 0.5) is 0 Å². The van der Waals surface area contributed by atoms with Gasteiger partial charge >= 0.3 is 11.1 Å². The summed E-state index contributed by atoms with van der Waals surface area (Å²) in [4.78, 5) is 24.6. The van der Waals surface area contributed by atoms with Gasteiger partial charge in [0.25, 0.3) is 0 Å². The van der Waals surface area contributed by atoms with Gasteiger partial charge in [0, 0.05) is 24.0 Å². The molecule has 0 N–H and O–H groups in total. The van der Waals surface area contributed by atoms with Crippen molar-refractivity contribution in [1.82, 2.24) is 19.3 Å². The lowest BCUT2D eigenvalue weighted by molar-refractivity contribution is 0.303. The summed E-state index contributed by atoms with van der Waals surface area (Å²) in [5, 5.41) is 8.40. The van der Waals surface area contributed by atoms with E-state index in [9.17, 15) is 9.59 Å². The van der Waals surface area contributed by atoms with Crippen molar-refractivity contribution in [3.8, 4) is 11.3 Å². The lowest BCUT2D eigenvalue weighted by atomic mass is 9.93. The summed E-state index contributed by atoms with van der Waals surface area (Å²) in [5.41, 5.74) is 1.44. The minimum absolute atomic E-state index is 0.180. The molecule has 0 radical (unpaired) electrons. The third-order valence-corrected chi connectivity index (χ3v) is 4.68. The molecule has 6 heteroatoms. The first-order valence-corrected chi connectivity index (χ1v) is 8.42. The zero-order valence-electron chi connectivity index (χ0n) is 13.7. The van der Waals surface area contributed by atoms with E-state index in [1.807, 2.05) is 42.5 Å². The van der Waals surface area contributed by atoms with Crippen LogP contribution in [0.5, 0.6) is 0 Å². The third-order valence-electron chi connectivity index (χ3n) is 4.68. The summed E-state index contributed by atoms with van der Waals surface area (Å²) in [7, 11) is 0. The van der Waals surface area contributed by atoms with Crippen molar-refractivity contribution in [3.63, 3.8) is 0 Å². The van der Waals surface area contributed by atoms with Gasteiger partial charge in [-0.05, 0) is 31.4 Å². The number of benzene rings is 1. The van der Waals surface area contributed by atoms with E-state index in [0.717, 1.165) is 30.5 Å². The molecule has 0 atom stereocenters. The van der Waals surface area contributed by atoms with Gasteiger partial charge in [-0.3, -0.25) is 9.59 Å². The molecule has 1 fully saturated rings. The van der Waals surface area contributed by atoms with E-state index in [2.05, 4.69) is 10.2 Å². The topological polar surface area (TPSA) is 69.8 Å². The van der Waals surface area contributed by atoms with E-state index in [0.29, 0.717) is 5.69 Å². The summed E-state index contributed by atoms with van der Waals surface area (Å²) < 4.78 is 2.95. The van der Waals surface area contributed by atoms with Gasteiger partial charge in [0.1, 0.15) is 0 Å². The molecule has 0 bridgehead atoms. The Morgan fingerprint density at radius 3 is 2.36 bits per heavy atom. The Balaban J connectivity index is 1.57. The summed E-state index contributed by atoms with van der Waals surface area (Å²) in [6.07, 6.45) is 6.42. The molecule has 0 aliphatic heterocycles. The van der Waals surface area contributed by atoms with E-state index in [1.165, 1.54) is 4.57 Å². The lowest BCUT2D eigenvalue weighted by Crippen LogP contribution is -2.43. The normalized spacial score (nSPS) is 14.2. The second-order valence-corrected chi connectivity index (χ2v) is 6.30. The van der Waals surface area contributed by atoms with Gasteiger partial charge in [-0.25, -0.2) is 0 Å². The second-order valence-electron chi connectivity index (χ2n) is 6.30. The highest BCUT2D eigenvalue weighted by Crippen LogP contribution is 2.29. The number of hydrogen-bond acceptors (Lipinski definition) is 4. The number of aromatic nitrogens is 4. The molecule has 1 aliphatic rings. The largest absolute Gasteiger partial charge is 0.316 e. The summed E-state index contributed by atoms with van der Waals surface area (Å²) >= 11 is 0. The Morgan fingerprint density at radius 1 is 0.920 bits per heavy atom. The third kappa shape index (κ3) is 3.03. The minimum atomic E-state index is -0.511. The van der Waals surface area contributed by atoms with Gasteiger partial charge in [-0.1, -0.05) is 30.3 Å². The molecule has 0 spiro atoms. The number of rotatable bonds is 4. The maximum absolute atomic E-state index is 12.3. The van der Waals surface area contributed by atoms with Gasteiger partial charge in [0.2, 0.25) is 0 Å².